The number of nitrogens with zero attached hydrogens (tertiary/aromatic N) is 2. The van der Waals surface area contributed by atoms with E-state index in [0.717, 1.165) is 20.8 Å². The van der Waals surface area contributed by atoms with Crippen molar-refractivity contribution in [3.05, 3.63) is 38.6 Å². The molecular weight excluding hydrogens is 387 g/mol. The molecule has 2 N–H and O–H groups in total. The van der Waals surface area contributed by atoms with Crippen molar-refractivity contribution in [2.75, 3.05) is 17.7 Å². The average molecular weight is 401 g/mol. The molecule has 6 heteroatoms. The molecule has 1 heterocycles. The van der Waals surface area contributed by atoms with E-state index in [1.54, 1.807) is 0 Å². The van der Waals surface area contributed by atoms with Gasteiger partial charge in [-0.25, -0.2) is 4.98 Å². The third-order valence-corrected chi connectivity index (χ3v) is 4.14. The van der Waals surface area contributed by atoms with Crippen molar-refractivity contribution in [2.24, 2.45) is 0 Å². The second-order valence-corrected chi connectivity index (χ2v) is 6.43. The van der Waals surface area contributed by atoms with Crippen LogP contribution in [0.25, 0.3) is 0 Å². The fourth-order valence-corrected chi connectivity index (χ4v) is 2.86. The molecule has 0 atom stereocenters. The Hall–Kier alpha value is -1.08. The first-order chi connectivity index (χ1) is 9.65. The zero-order valence-corrected chi connectivity index (χ0v) is 13.9. The molecule has 3 rings (SSSR count). The van der Waals surface area contributed by atoms with Crippen LogP contribution in [-0.4, -0.2) is 17.0 Å². The van der Waals surface area contributed by atoms with Crippen molar-refractivity contribution < 1.29 is 0 Å². The summed E-state index contributed by atoms with van der Waals surface area (Å²) in [5.41, 5.74) is 1.95. The van der Waals surface area contributed by atoms with Crippen molar-refractivity contribution in [3.8, 4) is 0 Å². The molecule has 0 radical (unpaired) electrons. The highest BCUT2D eigenvalue weighted by molar-refractivity contribution is 14.1. The van der Waals surface area contributed by atoms with Gasteiger partial charge in [0.2, 0.25) is 5.95 Å². The molecular formula is C14H14ClIN4. The molecule has 20 heavy (non-hydrogen) atoms. The Balaban J connectivity index is 1.91. The fourth-order valence-electron chi connectivity index (χ4n) is 1.96. The van der Waals surface area contributed by atoms with Crippen LogP contribution >= 0.6 is 34.2 Å². The monoisotopic (exact) mass is 400 g/mol. The number of anilines is 3. The van der Waals surface area contributed by atoms with E-state index < -0.39 is 0 Å². The molecule has 1 saturated carbocycles. The van der Waals surface area contributed by atoms with E-state index in [0.29, 0.717) is 16.9 Å². The summed E-state index contributed by atoms with van der Waals surface area (Å²) in [5, 5.41) is 6.96. The third-order valence-electron chi connectivity index (χ3n) is 3.16. The number of hydrogen-bond donors (Lipinski definition) is 2. The summed E-state index contributed by atoms with van der Waals surface area (Å²) < 4.78 is 1.11. The summed E-state index contributed by atoms with van der Waals surface area (Å²) in [6.45, 7) is 0. The summed E-state index contributed by atoms with van der Waals surface area (Å²) in [5.74, 6) is 1.99. The molecule has 0 saturated heterocycles. The van der Waals surface area contributed by atoms with Gasteiger partial charge in [-0.15, -0.1) is 0 Å². The van der Waals surface area contributed by atoms with Crippen LogP contribution in [-0.2, 0) is 0 Å². The van der Waals surface area contributed by atoms with Gasteiger partial charge in [-0.2, -0.15) is 4.98 Å². The van der Waals surface area contributed by atoms with Crippen LogP contribution < -0.4 is 10.6 Å². The van der Waals surface area contributed by atoms with Gasteiger partial charge >= 0.3 is 0 Å². The van der Waals surface area contributed by atoms with Crippen LogP contribution in [0.5, 0.6) is 0 Å². The van der Waals surface area contributed by atoms with Gasteiger partial charge in [0.1, 0.15) is 5.82 Å². The Morgan fingerprint density at radius 1 is 1.25 bits per heavy atom. The average Bonchev–Trinajstić information content (AvgIpc) is 3.26. The standard InChI is InChI=1S/C14H14ClIN4/c1-17-14-19-12(8-2-3-8)7-13(20-14)18-11-5-4-9(16)6-10(11)15/h4-8H,2-3H2,1H3,(H2,17,18,19,20). The molecule has 1 fully saturated rings. The Morgan fingerprint density at radius 3 is 2.70 bits per heavy atom. The van der Waals surface area contributed by atoms with E-state index in [9.17, 15) is 0 Å². The van der Waals surface area contributed by atoms with Crippen molar-refractivity contribution in [1.29, 1.82) is 0 Å². The molecule has 0 amide bonds. The van der Waals surface area contributed by atoms with E-state index in [1.165, 1.54) is 12.8 Å². The smallest absolute Gasteiger partial charge is 0.224 e. The maximum Gasteiger partial charge on any atom is 0.224 e. The van der Waals surface area contributed by atoms with E-state index in [4.69, 9.17) is 11.6 Å². The molecule has 0 spiro atoms. The molecule has 2 aromatic rings. The van der Waals surface area contributed by atoms with Crippen LogP contribution in [0.2, 0.25) is 5.02 Å². The lowest BCUT2D eigenvalue weighted by Crippen LogP contribution is -2.03. The van der Waals surface area contributed by atoms with E-state index in [-0.39, 0.29) is 0 Å². The van der Waals surface area contributed by atoms with Gasteiger partial charge in [0, 0.05) is 22.6 Å². The SMILES string of the molecule is CNc1nc(Nc2ccc(I)cc2Cl)cc(C2CC2)n1. The van der Waals surface area contributed by atoms with Gasteiger partial charge in [0.15, 0.2) is 0 Å². The second kappa shape index (κ2) is 5.73. The lowest BCUT2D eigenvalue weighted by atomic mass is 10.2. The fraction of sp³-hybridized carbons (Fsp3) is 0.286. The second-order valence-electron chi connectivity index (χ2n) is 4.78. The van der Waals surface area contributed by atoms with Gasteiger partial charge in [0.05, 0.1) is 16.4 Å². The largest absolute Gasteiger partial charge is 0.357 e. The Morgan fingerprint density at radius 2 is 2.05 bits per heavy atom. The van der Waals surface area contributed by atoms with Crippen LogP contribution in [0.1, 0.15) is 24.5 Å². The van der Waals surface area contributed by atoms with E-state index in [2.05, 4.69) is 43.2 Å². The Bertz CT molecular complexity index is 643. The molecule has 0 bridgehead atoms. The lowest BCUT2D eigenvalue weighted by molar-refractivity contribution is 0.991. The first-order valence-corrected chi connectivity index (χ1v) is 7.90. The molecule has 1 aliphatic rings. The van der Waals surface area contributed by atoms with Gasteiger partial charge in [-0.1, -0.05) is 11.6 Å². The van der Waals surface area contributed by atoms with E-state index >= 15 is 0 Å². The zero-order chi connectivity index (χ0) is 14.1. The number of rotatable bonds is 4. The van der Waals surface area contributed by atoms with Crippen molar-refractivity contribution in [3.63, 3.8) is 0 Å². The molecule has 4 nitrogen and oxygen atoms in total. The zero-order valence-electron chi connectivity index (χ0n) is 11.0. The predicted molar refractivity (Wildman–Crippen MR) is 91.0 cm³/mol. The topological polar surface area (TPSA) is 49.8 Å². The van der Waals surface area contributed by atoms with Gasteiger partial charge in [-0.05, 0) is 53.6 Å². The van der Waals surface area contributed by atoms with Gasteiger partial charge < -0.3 is 10.6 Å². The minimum atomic E-state index is 0.581. The summed E-state index contributed by atoms with van der Waals surface area (Å²) >= 11 is 8.48. The van der Waals surface area contributed by atoms with E-state index in [1.807, 2.05) is 31.3 Å². The van der Waals surface area contributed by atoms with Crippen molar-refractivity contribution >= 4 is 51.6 Å². The van der Waals surface area contributed by atoms with Crippen LogP contribution in [0.3, 0.4) is 0 Å². The quantitative estimate of drug-likeness (QED) is 0.747. The van der Waals surface area contributed by atoms with Gasteiger partial charge in [0.25, 0.3) is 0 Å². The highest BCUT2D eigenvalue weighted by atomic mass is 127. The summed E-state index contributed by atoms with van der Waals surface area (Å²) in [6, 6.07) is 7.90. The minimum absolute atomic E-state index is 0.581. The number of hydrogen-bond acceptors (Lipinski definition) is 4. The number of aromatic nitrogens is 2. The first kappa shape index (κ1) is 13.9. The normalized spacial score (nSPS) is 14.2. The van der Waals surface area contributed by atoms with Crippen LogP contribution in [0, 0.1) is 3.57 Å². The maximum atomic E-state index is 6.24. The summed E-state index contributed by atoms with van der Waals surface area (Å²) in [6.07, 6.45) is 2.42. The number of halogens is 2. The Labute approximate surface area is 136 Å². The number of nitrogens with one attached hydrogen (secondary N) is 2. The Kier molecular flexibility index (Phi) is 3.98. The van der Waals surface area contributed by atoms with Crippen molar-refractivity contribution in [2.45, 2.75) is 18.8 Å². The number of benzene rings is 1. The molecule has 0 unspecified atom stereocenters. The van der Waals surface area contributed by atoms with Gasteiger partial charge in [-0.3, -0.25) is 0 Å². The third kappa shape index (κ3) is 3.15. The summed E-state index contributed by atoms with van der Waals surface area (Å²) in [7, 11) is 1.83. The molecule has 1 aromatic carbocycles. The van der Waals surface area contributed by atoms with Crippen LogP contribution in [0.4, 0.5) is 17.5 Å². The maximum absolute atomic E-state index is 6.24. The highest BCUT2D eigenvalue weighted by Gasteiger charge is 2.26. The van der Waals surface area contributed by atoms with Crippen molar-refractivity contribution in [1.82, 2.24) is 9.97 Å². The molecule has 0 aliphatic heterocycles. The molecule has 104 valence electrons. The first-order valence-electron chi connectivity index (χ1n) is 6.44. The lowest BCUT2D eigenvalue weighted by Gasteiger charge is -2.11. The minimum Gasteiger partial charge on any atom is -0.357 e. The molecule has 1 aromatic heterocycles. The predicted octanol–water partition coefficient (Wildman–Crippen LogP) is 4.40. The van der Waals surface area contributed by atoms with Crippen LogP contribution in [0.15, 0.2) is 24.3 Å². The highest BCUT2D eigenvalue weighted by Crippen LogP contribution is 2.40. The summed E-state index contributed by atoms with van der Waals surface area (Å²) in [4.78, 5) is 8.92. The molecule has 1 aliphatic carbocycles.